The van der Waals surface area contributed by atoms with E-state index >= 15 is 0 Å². The molecule has 2 nitrogen and oxygen atoms in total. The summed E-state index contributed by atoms with van der Waals surface area (Å²) in [6.45, 7) is 0. The molecule has 0 saturated heterocycles. The highest BCUT2D eigenvalue weighted by Crippen LogP contribution is 2.58. The Morgan fingerprint density at radius 1 is 0.429 bits per heavy atom. The normalized spacial score (nSPS) is 14.4. The zero-order valence-corrected chi connectivity index (χ0v) is 27.4. The van der Waals surface area contributed by atoms with Crippen LogP contribution in [0.4, 0.5) is 17.1 Å². The summed E-state index contributed by atoms with van der Waals surface area (Å²) in [5.41, 5.74) is 15.5. The van der Waals surface area contributed by atoms with Crippen molar-refractivity contribution in [2.24, 2.45) is 0 Å². The third-order valence-electron chi connectivity index (χ3n) is 11.1. The van der Waals surface area contributed by atoms with Crippen molar-refractivity contribution in [1.29, 1.82) is 0 Å². The van der Waals surface area contributed by atoms with E-state index in [0.29, 0.717) is 0 Å². The quantitative estimate of drug-likeness (QED) is 0.184. The van der Waals surface area contributed by atoms with Crippen LogP contribution in [-0.2, 0) is 5.41 Å². The predicted molar refractivity (Wildman–Crippen MR) is 206 cm³/mol. The first-order chi connectivity index (χ1) is 24.3. The monoisotopic (exact) mass is 628 g/mol. The minimum Gasteiger partial charge on any atom is -0.310 e. The van der Waals surface area contributed by atoms with E-state index in [-0.39, 0.29) is 5.41 Å². The lowest BCUT2D eigenvalue weighted by Gasteiger charge is -2.30. The summed E-state index contributed by atoms with van der Waals surface area (Å²) in [4.78, 5) is 2.47. The van der Waals surface area contributed by atoms with Crippen LogP contribution >= 0.6 is 0 Å². The summed E-state index contributed by atoms with van der Waals surface area (Å²) < 4.78 is 2.41. The summed E-state index contributed by atoms with van der Waals surface area (Å²) >= 11 is 0. The minimum absolute atomic E-state index is 0.106. The van der Waals surface area contributed by atoms with Gasteiger partial charge in [-0.3, -0.25) is 0 Å². The molecule has 1 aromatic heterocycles. The Morgan fingerprint density at radius 2 is 1.02 bits per heavy atom. The van der Waals surface area contributed by atoms with Crippen LogP contribution in [0.25, 0.3) is 49.7 Å². The number of para-hydroxylation sites is 2. The Balaban J connectivity index is 1.19. The van der Waals surface area contributed by atoms with Gasteiger partial charge in [-0.25, -0.2) is 0 Å². The van der Waals surface area contributed by atoms with Crippen molar-refractivity contribution in [3.05, 3.63) is 181 Å². The van der Waals surface area contributed by atoms with Crippen molar-refractivity contribution < 1.29 is 0 Å². The fourth-order valence-corrected chi connectivity index (χ4v) is 8.93. The average Bonchev–Trinajstić information content (AvgIpc) is 3.87. The van der Waals surface area contributed by atoms with Gasteiger partial charge in [-0.2, -0.15) is 0 Å². The van der Waals surface area contributed by atoms with Gasteiger partial charge in [0.15, 0.2) is 0 Å². The molecule has 0 amide bonds. The van der Waals surface area contributed by atoms with Crippen molar-refractivity contribution in [2.75, 3.05) is 4.90 Å². The van der Waals surface area contributed by atoms with Crippen molar-refractivity contribution in [2.45, 2.75) is 31.1 Å². The summed E-state index contributed by atoms with van der Waals surface area (Å²) in [6, 6.07) is 62.7. The summed E-state index contributed by atoms with van der Waals surface area (Å²) in [6.07, 6.45) is 5.00. The Morgan fingerprint density at radius 3 is 1.84 bits per heavy atom. The van der Waals surface area contributed by atoms with Crippen LogP contribution in [0.1, 0.15) is 36.8 Å². The molecule has 1 heterocycles. The van der Waals surface area contributed by atoms with Gasteiger partial charge in [0.1, 0.15) is 0 Å². The molecule has 10 rings (SSSR count). The van der Waals surface area contributed by atoms with Crippen LogP contribution in [0, 0.1) is 0 Å². The van der Waals surface area contributed by atoms with Gasteiger partial charge >= 0.3 is 0 Å². The van der Waals surface area contributed by atoms with Crippen LogP contribution in [0.3, 0.4) is 0 Å². The van der Waals surface area contributed by atoms with Gasteiger partial charge in [0.05, 0.1) is 11.0 Å². The van der Waals surface area contributed by atoms with Crippen molar-refractivity contribution in [3.63, 3.8) is 0 Å². The van der Waals surface area contributed by atoms with Crippen LogP contribution in [-0.4, -0.2) is 4.57 Å². The highest BCUT2D eigenvalue weighted by atomic mass is 15.1. The first kappa shape index (κ1) is 28.2. The number of hydrogen-bond donors (Lipinski definition) is 0. The standard InChI is InChI=1S/C47H36N2/c1-3-13-33(14-4-1)34-21-23-36(24-22-34)48(37-25-27-40-39-17-7-9-19-43(39)47(44(40)31-37)29-11-12-30-47)38-26-28-42-41-18-8-10-20-45(41)49(46(42)32-38)35-15-5-2-6-16-35/h1-10,13-28,31-32H,11-12,29-30H2. The number of fused-ring (bicyclic) bond motifs is 8. The molecular weight excluding hydrogens is 593 g/mol. The molecule has 2 heteroatoms. The van der Waals surface area contributed by atoms with Gasteiger partial charge < -0.3 is 9.47 Å². The van der Waals surface area contributed by atoms with Crippen LogP contribution in [0.2, 0.25) is 0 Å². The first-order valence-corrected chi connectivity index (χ1v) is 17.6. The van der Waals surface area contributed by atoms with Gasteiger partial charge in [-0.15, -0.1) is 0 Å². The molecule has 0 aliphatic heterocycles. The lowest BCUT2D eigenvalue weighted by molar-refractivity contribution is 0.550. The number of rotatable bonds is 5. The Bertz CT molecular complexity index is 2480. The molecule has 0 bridgehead atoms. The van der Waals surface area contributed by atoms with Crippen molar-refractivity contribution >= 4 is 38.9 Å². The molecule has 49 heavy (non-hydrogen) atoms. The topological polar surface area (TPSA) is 8.17 Å². The predicted octanol–water partition coefficient (Wildman–Crippen LogP) is 12.8. The number of benzene rings is 7. The number of aromatic nitrogens is 1. The lowest BCUT2D eigenvalue weighted by Crippen LogP contribution is -2.21. The van der Waals surface area contributed by atoms with Gasteiger partial charge in [-0.1, -0.05) is 128 Å². The first-order valence-electron chi connectivity index (χ1n) is 17.6. The molecule has 234 valence electrons. The minimum atomic E-state index is 0.106. The molecule has 1 fully saturated rings. The summed E-state index contributed by atoms with van der Waals surface area (Å²) in [5.74, 6) is 0. The summed E-state index contributed by atoms with van der Waals surface area (Å²) in [5, 5.41) is 2.53. The SMILES string of the molecule is c1ccc(-c2ccc(N(c3ccc4c(c3)C3(CCCC3)c3ccccc3-4)c3ccc4c5ccccc5n(-c5ccccc5)c4c3)cc2)cc1. The molecular formula is C47H36N2. The van der Waals surface area contributed by atoms with E-state index in [1.165, 1.54) is 92.2 Å². The Hall–Kier alpha value is -5.86. The van der Waals surface area contributed by atoms with Gasteiger partial charge in [0.25, 0.3) is 0 Å². The Labute approximate surface area is 287 Å². The van der Waals surface area contributed by atoms with E-state index in [4.69, 9.17) is 0 Å². The lowest BCUT2D eigenvalue weighted by atomic mass is 9.76. The average molecular weight is 629 g/mol. The molecule has 0 N–H and O–H groups in total. The zero-order valence-electron chi connectivity index (χ0n) is 27.4. The molecule has 2 aliphatic rings. The second-order valence-corrected chi connectivity index (χ2v) is 13.7. The van der Waals surface area contributed by atoms with E-state index in [9.17, 15) is 0 Å². The zero-order chi connectivity index (χ0) is 32.4. The van der Waals surface area contributed by atoms with E-state index in [1.807, 2.05) is 0 Å². The molecule has 0 radical (unpaired) electrons. The summed E-state index contributed by atoms with van der Waals surface area (Å²) in [7, 11) is 0. The maximum atomic E-state index is 2.52. The van der Waals surface area contributed by atoms with E-state index in [2.05, 4.69) is 179 Å². The Kier molecular flexibility index (Phi) is 6.39. The smallest absolute Gasteiger partial charge is 0.0561 e. The third kappa shape index (κ3) is 4.34. The van der Waals surface area contributed by atoms with E-state index < -0.39 is 0 Å². The van der Waals surface area contributed by atoms with Crippen LogP contribution in [0.5, 0.6) is 0 Å². The highest BCUT2D eigenvalue weighted by Gasteiger charge is 2.45. The molecule has 8 aromatic rings. The fraction of sp³-hybridized carbons (Fsp3) is 0.106. The van der Waals surface area contributed by atoms with Crippen LogP contribution in [0.15, 0.2) is 170 Å². The number of hydrogen-bond acceptors (Lipinski definition) is 1. The van der Waals surface area contributed by atoms with Crippen molar-refractivity contribution in [3.8, 4) is 27.9 Å². The second-order valence-electron chi connectivity index (χ2n) is 13.7. The van der Waals surface area contributed by atoms with Gasteiger partial charge in [-0.05, 0) is 101 Å². The van der Waals surface area contributed by atoms with Gasteiger partial charge in [0, 0.05) is 38.9 Å². The fourth-order valence-electron chi connectivity index (χ4n) is 8.93. The van der Waals surface area contributed by atoms with Gasteiger partial charge in [0.2, 0.25) is 0 Å². The maximum Gasteiger partial charge on any atom is 0.0561 e. The number of nitrogens with zero attached hydrogens (tertiary/aromatic N) is 2. The van der Waals surface area contributed by atoms with E-state index in [0.717, 1.165) is 11.4 Å². The largest absolute Gasteiger partial charge is 0.310 e. The molecule has 2 aliphatic carbocycles. The van der Waals surface area contributed by atoms with E-state index in [1.54, 1.807) is 0 Å². The molecule has 0 atom stereocenters. The van der Waals surface area contributed by atoms with Crippen molar-refractivity contribution in [1.82, 2.24) is 4.57 Å². The molecule has 1 saturated carbocycles. The second kappa shape index (κ2) is 11.1. The molecule has 7 aromatic carbocycles. The third-order valence-corrected chi connectivity index (χ3v) is 11.1. The van der Waals surface area contributed by atoms with Crippen LogP contribution < -0.4 is 4.90 Å². The maximum absolute atomic E-state index is 2.52. The highest BCUT2D eigenvalue weighted by molar-refractivity contribution is 6.10. The molecule has 1 spiro atoms. The number of anilines is 3. The molecule has 0 unspecified atom stereocenters.